The van der Waals surface area contributed by atoms with Gasteiger partial charge in [0.05, 0.1) is 37.4 Å². The van der Waals surface area contributed by atoms with Gasteiger partial charge in [-0.1, -0.05) is 23.7 Å². The zero-order valence-corrected chi connectivity index (χ0v) is 14.7. The number of halogens is 2. The number of nitrogens with zero attached hydrogens (tertiary/aromatic N) is 2. The summed E-state index contributed by atoms with van der Waals surface area (Å²) in [5.41, 5.74) is 0.387. The Balaban J connectivity index is 2.16. The Bertz CT molecular complexity index is 1050. The zero-order valence-electron chi connectivity index (χ0n) is 14.0. The molecule has 0 bridgehead atoms. The topological polar surface area (TPSA) is 70.4 Å². The number of aromatic nitrogens is 2. The molecule has 0 saturated carbocycles. The molecule has 1 aromatic heterocycles. The van der Waals surface area contributed by atoms with Crippen molar-refractivity contribution < 1.29 is 18.7 Å². The van der Waals surface area contributed by atoms with Crippen LogP contribution in [0, 0.1) is 5.82 Å². The number of fused-ring (bicyclic) bond motifs is 1. The summed E-state index contributed by atoms with van der Waals surface area (Å²) in [6.45, 7) is 0.151. The Morgan fingerprint density at radius 2 is 1.92 bits per heavy atom. The lowest BCUT2D eigenvalue weighted by Crippen LogP contribution is -2.23. The smallest absolute Gasteiger partial charge is 0.340 e. The molecule has 0 aliphatic heterocycles. The van der Waals surface area contributed by atoms with Crippen molar-refractivity contribution in [2.75, 3.05) is 14.2 Å². The van der Waals surface area contributed by atoms with E-state index >= 15 is 0 Å². The van der Waals surface area contributed by atoms with Crippen molar-refractivity contribution in [3.8, 4) is 5.75 Å². The van der Waals surface area contributed by atoms with E-state index in [1.165, 1.54) is 10.6 Å². The van der Waals surface area contributed by atoms with Gasteiger partial charge in [0.15, 0.2) is 5.15 Å². The van der Waals surface area contributed by atoms with Gasteiger partial charge >= 0.3 is 5.97 Å². The van der Waals surface area contributed by atoms with Crippen LogP contribution >= 0.6 is 11.6 Å². The molecule has 0 spiro atoms. The van der Waals surface area contributed by atoms with Gasteiger partial charge in [-0.3, -0.25) is 9.36 Å². The lowest BCUT2D eigenvalue weighted by Gasteiger charge is -2.12. The average Bonchev–Trinajstić information content (AvgIpc) is 2.65. The van der Waals surface area contributed by atoms with E-state index in [1.54, 1.807) is 31.4 Å². The summed E-state index contributed by atoms with van der Waals surface area (Å²) in [7, 11) is 2.70. The fourth-order valence-electron chi connectivity index (χ4n) is 2.57. The predicted molar refractivity (Wildman–Crippen MR) is 94.4 cm³/mol. The maximum Gasteiger partial charge on any atom is 0.340 e. The highest BCUT2D eigenvalue weighted by atomic mass is 35.5. The summed E-state index contributed by atoms with van der Waals surface area (Å²) in [6.07, 6.45) is 0. The van der Waals surface area contributed by atoms with Gasteiger partial charge in [-0.15, -0.1) is 0 Å². The minimum absolute atomic E-state index is 0.151. The van der Waals surface area contributed by atoms with E-state index in [9.17, 15) is 14.0 Å². The molecular formula is C18H14ClFN2O4. The van der Waals surface area contributed by atoms with Crippen LogP contribution in [-0.2, 0) is 11.3 Å². The van der Waals surface area contributed by atoms with Gasteiger partial charge in [0, 0.05) is 6.07 Å². The molecule has 0 atom stereocenters. The Morgan fingerprint density at radius 1 is 1.23 bits per heavy atom. The predicted octanol–water partition coefficient (Wildman–Crippen LogP) is 3.03. The molecule has 0 radical (unpaired) electrons. The molecule has 3 aromatic rings. The van der Waals surface area contributed by atoms with Gasteiger partial charge in [0.1, 0.15) is 11.6 Å². The van der Waals surface area contributed by atoms with Crippen LogP contribution in [-0.4, -0.2) is 29.7 Å². The van der Waals surface area contributed by atoms with Crippen LogP contribution in [0.15, 0.2) is 41.2 Å². The molecule has 6 nitrogen and oxygen atoms in total. The van der Waals surface area contributed by atoms with E-state index in [-0.39, 0.29) is 28.3 Å². The third-order valence-electron chi connectivity index (χ3n) is 3.90. The molecule has 134 valence electrons. The molecule has 3 rings (SSSR count). The average molecular weight is 377 g/mol. The number of methoxy groups -OCH3 is 2. The van der Waals surface area contributed by atoms with Gasteiger partial charge in [-0.25, -0.2) is 14.2 Å². The summed E-state index contributed by atoms with van der Waals surface area (Å²) >= 11 is 5.94. The fraction of sp³-hybridized carbons (Fsp3) is 0.167. The SMILES string of the molecule is COC(=O)c1cc2nc(Cl)c(=O)n(Cc3ccc(OC)cc3)c2cc1F. The molecular weight excluding hydrogens is 363 g/mol. The standard InChI is InChI=1S/C18H14ClFN2O4/c1-25-11-5-3-10(4-6-11)9-22-15-8-13(20)12(18(24)26-2)7-14(15)21-16(19)17(22)23/h3-8H,9H2,1-2H3. The molecule has 0 fully saturated rings. The lowest BCUT2D eigenvalue weighted by molar-refractivity contribution is 0.0595. The molecule has 8 heteroatoms. The second-order valence-electron chi connectivity index (χ2n) is 5.45. The number of benzene rings is 2. The quantitative estimate of drug-likeness (QED) is 0.654. The highest BCUT2D eigenvalue weighted by Gasteiger charge is 2.18. The van der Waals surface area contributed by atoms with E-state index in [0.29, 0.717) is 5.75 Å². The van der Waals surface area contributed by atoms with E-state index in [2.05, 4.69) is 9.72 Å². The van der Waals surface area contributed by atoms with E-state index in [1.807, 2.05) is 0 Å². The van der Waals surface area contributed by atoms with Crippen LogP contribution < -0.4 is 10.3 Å². The molecule has 0 N–H and O–H groups in total. The van der Waals surface area contributed by atoms with Crippen molar-refractivity contribution in [3.63, 3.8) is 0 Å². The summed E-state index contributed by atoms with van der Waals surface area (Å²) < 4.78 is 25.3. The third kappa shape index (κ3) is 3.25. The second kappa shape index (κ2) is 7.13. The summed E-state index contributed by atoms with van der Waals surface area (Å²) in [4.78, 5) is 28.0. The minimum Gasteiger partial charge on any atom is -0.497 e. The molecule has 26 heavy (non-hydrogen) atoms. The van der Waals surface area contributed by atoms with Crippen molar-refractivity contribution in [2.45, 2.75) is 6.54 Å². The number of hydrogen-bond donors (Lipinski definition) is 0. The maximum absolute atomic E-state index is 14.3. The van der Waals surface area contributed by atoms with Gasteiger partial charge in [0.2, 0.25) is 0 Å². The van der Waals surface area contributed by atoms with Gasteiger partial charge < -0.3 is 9.47 Å². The maximum atomic E-state index is 14.3. The van der Waals surface area contributed by atoms with Gasteiger partial charge in [-0.2, -0.15) is 0 Å². The first-order valence-electron chi connectivity index (χ1n) is 7.55. The van der Waals surface area contributed by atoms with Crippen LogP contribution in [0.2, 0.25) is 5.15 Å². The van der Waals surface area contributed by atoms with Gasteiger partial charge in [0.25, 0.3) is 5.56 Å². The van der Waals surface area contributed by atoms with Crippen molar-refractivity contribution in [1.29, 1.82) is 0 Å². The number of hydrogen-bond acceptors (Lipinski definition) is 5. The first-order valence-corrected chi connectivity index (χ1v) is 7.93. The van der Waals surface area contributed by atoms with Crippen LogP contribution in [0.3, 0.4) is 0 Å². The second-order valence-corrected chi connectivity index (χ2v) is 5.81. The fourth-order valence-corrected chi connectivity index (χ4v) is 2.76. The molecule has 0 amide bonds. The molecule has 0 aliphatic rings. The number of carbonyl (C=O) groups is 1. The van der Waals surface area contributed by atoms with Crippen molar-refractivity contribution in [2.24, 2.45) is 0 Å². The number of esters is 1. The number of carbonyl (C=O) groups excluding carboxylic acids is 1. The van der Waals surface area contributed by atoms with Gasteiger partial charge in [-0.05, 0) is 23.8 Å². The molecule has 0 unspecified atom stereocenters. The number of ether oxygens (including phenoxy) is 2. The monoisotopic (exact) mass is 376 g/mol. The minimum atomic E-state index is -0.838. The first kappa shape index (κ1) is 17.9. The highest BCUT2D eigenvalue weighted by molar-refractivity contribution is 6.29. The van der Waals surface area contributed by atoms with Crippen molar-refractivity contribution >= 4 is 28.6 Å². The van der Waals surface area contributed by atoms with Crippen LogP contribution in [0.25, 0.3) is 11.0 Å². The number of rotatable bonds is 4. The Kier molecular flexibility index (Phi) is 4.90. The van der Waals surface area contributed by atoms with E-state index < -0.39 is 17.3 Å². The highest BCUT2D eigenvalue weighted by Crippen LogP contribution is 2.20. The molecule has 0 aliphatic carbocycles. The lowest BCUT2D eigenvalue weighted by atomic mass is 10.1. The Morgan fingerprint density at radius 3 is 2.54 bits per heavy atom. The first-order chi connectivity index (χ1) is 12.4. The zero-order chi connectivity index (χ0) is 18.8. The molecule has 1 heterocycles. The van der Waals surface area contributed by atoms with Crippen LogP contribution in [0.1, 0.15) is 15.9 Å². The van der Waals surface area contributed by atoms with E-state index in [0.717, 1.165) is 18.7 Å². The Hall–Kier alpha value is -2.93. The Labute approximate surface area is 152 Å². The third-order valence-corrected chi connectivity index (χ3v) is 4.15. The van der Waals surface area contributed by atoms with E-state index in [4.69, 9.17) is 16.3 Å². The van der Waals surface area contributed by atoms with Crippen molar-refractivity contribution in [3.05, 3.63) is 68.8 Å². The largest absolute Gasteiger partial charge is 0.497 e. The normalized spacial score (nSPS) is 10.8. The van der Waals surface area contributed by atoms with Crippen LogP contribution in [0.5, 0.6) is 5.75 Å². The summed E-state index contributed by atoms with van der Waals surface area (Å²) in [5.74, 6) is -0.973. The molecule has 0 saturated heterocycles. The molecule has 2 aromatic carbocycles. The van der Waals surface area contributed by atoms with Crippen LogP contribution in [0.4, 0.5) is 4.39 Å². The summed E-state index contributed by atoms with van der Waals surface area (Å²) in [5, 5.41) is -0.270. The van der Waals surface area contributed by atoms with Crippen molar-refractivity contribution in [1.82, 2.24) is 9.55 Å². The summed E-state index contributed by atoms with van der Waals surface area (Å²) in [6, 6.07) is 9.36.